The van der Waals surface area contributed by atoms with E-state index in [-0.39, 0.29) is 0 Å². The zero-order valence-electron chi connectivity index (χ0n) is 13.5. The Morgan fingerprint density at radius 2 is 2.00 bits per heavy atom. The number of ether oxygens (including phenoxy) is 1. The predicted molar refractivity (Wildman–Crippen MR) is 86.9 cm³/mol. The van der Waals surface area contributed by atoms with E-state index in [4.69, 9.17) is 4.74 Å². The first kappa shape index (κ1) is 16.6. The van der Waals surface area contributed by atoms with Crippen molar-refractivity contribution in [2.75, 3.05) is 25.5 Å². The molecule has 0 amide bonds. The number of likely N-dealkylation sites (tertiary alicyclic amines) is 1. The Labute approximate surface area is 139 Å². The first-order chi connectivity index (χ1) is 11.6. The number of anilines is 1. The van der Waals surface area contributed by atoms with Gasteiger partial charge in [-0.25, -0.2) is 18.7 Å². The van der Waals surface area contributed by atoms with Crippen molar-refractivity contribution in [3.8, 4) is 5.88 Å². The summed E-state index contributed by atoms with van der Waals surface area (Å²) in [6.45, 7) is 2.19. The van der Waals surface area contributed by atoms with Crippen LogP contribution in [0.2, 0.25) is 0 Å². The van der Waals surface area contributed by atoms with Crippen LogP contribution in [0.4, 0.5) is 14.6 Å². The lowest BCUT2D eigenvalue weighted by Crippen LogP contribution is -2.39. The van der Waals surface area contributed by atoms with E-state index in [2.05, 4.69) is 20.2 Å². The summed E-state index contributed by atoms with van der Waals surface area (Å²) in [5.74, 6) is 0.240. The molecule has 0 bridgehead atoms. The highest BCUT2D eigenvalue weighted by atomic mass is 19.1. The molecular weight excluding hydrogens is 314 g/mol. The molecule has 0 saturated carbocycles. The molecule has 3 rings (SSSR count). The number of hydrogen-bond acceptors (Lipinski definition) is 5. The average Bonchev–Trinajstić information content (AvgIpc) is 2.59. The van der Waals surface area contributed by atoms with Gasteiger partial charge in [-0.2, -0.15) is 0 Å². The lowest BCUT2D eigenvalue weighted by molar-refractivity contribution is 0.208. The van der Waals surface area contributed by atoms with Crippen LogP contribution >= 0.6 is 0 Å². The van der Waals surface area contributed by atoms with Crippen LogP contribution in [0.25, 0.3) is 0 Å². The van der Waals surface area contributed by atoms with E-state index in [0.717, 1.165) is 37.8 Å². The number of aromatic nitrogens is 2. The van der Waals surface area contributed by atoms with Gasteiger partial charge in [-0.1, -0.05) is 6.07 Å². The fraction of sp³-hybridized carbons (Fsp3) is 0.412. The number of benzene rings is 1. The third kappa shape index (κ3) is 4.17. The molecule has 1 aromatic carbocycles. The largest absolute Gasteiger partial charge is 0.481 e. The monoisotopic (exact) mass is 334 g/mol. The molecule has 1 aromatic heterocycles. The molecule has 7 heteroatoms. The molecule has 24 heavy (non-hydrogen) atoms. The zero-order valence-corrected chi connectivity index (χ0v) is 13.5. The summed E-state index contributed by atoms with van der Waals surface area (Å²) in [6.07, 6.45) is 3.32. The van der Waals surface area contributed by atoms with Gasteiger partial charge >= 0.3 is 0 Å². The second-order valence-corrected chi connectivity index (χ2v) is 5.88. The van der Waals surface area contributed by atoms with Crippen LogP contribution in [-0.2, 0) is 6.54 Å². The van der Waals surface area contributed by atoms with Gasteiger partial charge in [0.25, 0.3) is 0 Å². The Bertz CT molecular complexity index is 690. The van der Waals surface area contributed by atoms with Crippen LogP contribution in [-0.4, -0.2) is 41.1 Å². The van der Waals surface area contributed by atoms with E-state index < -0.39 is 11.6 Å². The Balaban J connectivity index is 1.52. The third-order valence-electron chi connectivity index (χ3n) is 4.20. The van der Waals surface area contributed by atoms with Gasteiger partial charge in [-0.15, -0.1) is 0 Å². The van der Waals surface area contributed by atoms with Crippen molar-refractivity contribution in [2.45, 2.75) is 25.4 Å². The van der Waals surface area contributed by atoms with Crippen molar-refractivity contribution in [1.29, 1.82) is 0 Å². The van der Waals surface area contributed by atoms with Crippen molar-refractivity contribution < 1.29 is 13.5 Å². The maximum Gasteiger partial charge on any atom is 0.218 e. The highest BCUT2D eigenvalue weighted by molar-refractivity contribution is 5.38. The molecule has 1 aliphatic rings. The van der Waals surface area contributed by atoms with Crippen molar-refractivity contribution in [1.82, 2.24) is 14.9 Å². The van der Waals surface area contributed by atoms with Crippen LogP contribution in [0.5, 0.6) is 5.88 Å². The number of nitrogens with zero attached hydrogens (tertiary/aromatic N) is 3. The number of hydrogen-bond donors (Lipinski definition) is 1. The normalized spacial score (nSPS) is 16.1. The third-order valence-corrected chi connectivity index (χ3v) is 4.20. The summed E-state index contributed by atoms with van der Waals surface area (Å²) >= 11 is 0. The molecular formula is C17H20F2N4O. The second-order valence-electron chi connectivity index (χ2n) is 5.88. The number of halogens is 2. The molecule has 1 fully saturated rings. The minimum atomic E-state index is -0.542. The van der Waals surface area contributed by atoms with Crippen molar-refractivity contribution >= 4 is 5.82 Å². The summed E-state index contributed by atoms with van der Waals surface area (Å²) in [5, 5.41) is 3.38. The molecule has 0 unspecified atom stereocenters. The van der Waals surface area contributed by atoms with Gasteiger partial charge in [0.2, 0.25) is 5.88 Å². The molecule has 1 N–H and O–H groups in total. The Kier molecular flexibility index (Phi) is 5.20. The summed E-state index contributed by atoms with van der Waals surface area (Å²) < 4.78 is 31.8. The Morgan fingerprint density at radius 3 is 2.71 bits per heavy atom. The lowest BCUT2D eigenvalue weighted by atomic mass is 10.0. The maximum atomic E-state index is 13.7. The molecule has 2 heterocycles. The van der Waals surface area contributed by atoms with Gasteiger partial charge in [0, 0.05) is 43.4 Å². The zero-order chi connectivity index (χ0) is 16.9. The van der Waals surface area contributed by atoms with Crippen LogP contribution in [0.3, 0.4) is 0 Å². The first-order valence-electron chi connectivity index (χ1n) is 7.93. The minimum absolute atomic E-state index is 0.305. The van der Waals surface area contributed by atoms with Gasteiger partial charge in [0.1, 0.15) is 23.8 Å². The fourth-order valence-corrected chi connectivity index (χ4v) is 2.87. The number of rotatable bonds is 5. The number of methoxy groups -OCH3 is 1. The van der Waals surface area contributed by atoms with Crippen LogP contribution in [0, 0.1) is 11.6 Å². The van der Waals surface area contributed by atoms with Gasteiger partial charge in [0.15, 0.2) is 0 Å². The summed E-state index contributed by atoms with van der Waals surface area (Å²) in [4.78, 5) is 10.3. The number of nitrogens with one attached hydrogen (secondary N) is 1. The highest BCUT2D eigenvalue weighted by Gasteiger charge is 2.20. The van der Waals surface area contributed by atoms with Gasteiger partial charge < -0.3 is 10.1 Å². The van der Waals surface area contributed by atoms with Crippen LogP contribution in [0.15, 0.2) is 30.6 Å². The van der Waals surface area contributed by atoms with E-state index in [1.807, 2.05) is 0 Å². The molecule has 1 saturated heterocycles. The van der Waals surface area contributed by atoms with Crippen LogP contribution in [0.1, 0.15) is 18.4 Å². The highest BCUT2D eigenvalue weighted by Crippen LogP contribution is 2.20. The summed E-state index contributed by atoms with van der Waals surface area (Å²) in [6, 6.07) is 5.82. The van der Waals surface area contributed by atoms with Crippen molar-refractivity contribution in [2.24, 2.45) is 0 Å². The van der Waals surface area contributed by atoms with Gasteiger partial charge in [-0.05, 0) is 18.9 Å². The summed E-state index contributed by atoms with van der Waals surface area (Å²) in [5.41, 5.74) is 0.531. The SMILES string of the molecule is COc1cc(NC2CCN(Cc3ccc(F)cc3F)CC2)ncn1. The van der Waals surface area contributed by atoms with Gasteiger partial charge in [-0.3, -0.25) is 4.90 Å². The van der Waals surface area contributed by atoms with Crippen molar-refractivity contribution in [3.63, 3.8) is 0 Å². The molecule has 128 valence electrons. The lowest BCUT2D eigenvalue weighted by Gasteiger charge is -2.32. The van der Waals surface area contributed by atoms with E-state index in [1.54, 1.807) is 13.2 Å². The molecule has 0 aliphatic carbocycles. The second kappa shape index (κ2) is 7.53. The minimum Gasteiger partial charge on any atom is -0.481 e. The topological polar surface area (TPSA) is 50.3 Å². The average molecular weight is 334 g/mol. The molecule has 1 aliphatic heterocycles. The molecule has 0 atom stereocenters. The first-order valence-corrected chi connectivity index (χ1v) is 7.93. The van der Waals surface area contributed by atoms with Gasteiger partial charge in [0.05, 0.1) is 7.11 Å². The Hall–Kier alpha value is -2.28. The molecule has 0 radical (unpaired) electrons. The molecule has 2 aromatic rings. The van der Waals surface area contributed by atoms with Crippen LogP contribution < -0.4 is 10.1 Å². The van der Waals surface area contributed by atoms with E-state index >= 15 is 0 Å². The predicted octanol–water partition coefficient (Wildman–Crippen LogP) is 2.84. The molecule has 5 nitrogen and oxygen atoms in total. The standard InChI is InChI=1S/C17H20F2N4O/c1-24-17-9-16(20-11-21-17)22-14-4-6-23(7-5-14)10-12-2-3-13(18)8-15(12)19/h2-3,8-9,11,14H,4-7,10H2,1H3,(H,20,21,22). The quantitative estimate of drug-likeness (QED) is 0.911. The van der Waals surface area contributed by atoms with Crippen molar-refractivity contribution in [3.05, 3.63) is 47.8 Å². The van der Waals surface area contributed by atoms with E-state index in [0.29, 0.717) is 24.0 Å². The number of piperidine rings is 1. The smallest absolute Gasteiger partial charge is 0.218 e. The fourth-order valence-electron chi connectivity index (χ4n) is 2.87. The van der Waals surface area contributed by atoms with E-state index in [9.17, 15) is 8.78 Å². The maximum absolute atomic E-state index is 13.7. The summed E-state index contributed by atoms with van der Waals surface area (Å²) in [7, 11) is 1.57. The molecule has 0 spiro atoms. The Morgan fingerprint density at radius 1 is 1.21 bits per heavy atom. The van der Waals surface area contributed by atoms with E-state index in [1.165, 1.54) is 18.5 Å².